The summed E-state index contributed by atoms with van der Waals surface area (Å²) in [4.78, 5) is 24.6. The highest BCUT2D eigenvalue weighted by Crippen LogP contribution is 2.28. The Hall–Kier alpha value is -3.00. The lowest BCUT2D eigenvalue weighted by Gasteiger charge is -2.20. The molecule has 2 aromatic carbocycles. The van der Waals surface area contributed by atoms with Gasteiger partial charge in [-0.3, -0.25) is 9.59 Å². The van der Waals surface area contributed by atoms with Gasteiger partial charge in [0.2, 0.25) is 0 Å². The summed E-state index contributed by atoms with van der Waals surface area (Å²) in [6.07, 6.45) is 0.0639. The molecule has 0 spiro atoms. The number of esters is 1. The number of nitriles is 1. The van der Waals surface area contributed by atoms with E-state index in [1.54, 1.807) is 39.8 Å². The van der Waals surface area contributed by atoms with Crippen molar-refractivity contribution < 1.29 is 18.7 Å². The minimum atomic E-state index is -0.950. The highest BCUT2D eigenvalue weighted by molar-refractivity contribution is 5.90. The van der Waals surface area contributed by atoms with E-state index in [-0.39, 0.29) is 18.6 Å². The van der Waals surface area contributed by atoms with Crippen LogP contribution < -0.4 is 0 Å². The Labute approximate surface area is 171 Å². The SMILES string of the molecule is CC(C(=O)C(C#N)CCC(=O)OC(C)(C)C)c1ccc(-c2ccccc2)c(F)c1. The molecule has 0 aliphatic heterocycles. The second-order valence-electron chi connectivity index (χ2n) is 8.04. The Morgan fingerprint density at radius 2 is 1.79 bits per heavy atom. The van der Waals surface area contributed by atoms with Gasteiger partial charge in [-0.2, -0.15) is 5.26 Å². The van der Waals surface area contributed by atoms with E-state index in [0.29, 0.717) is 11.1 Å². The number of nitrogens with zero attached hydrogens (tertiary/aromatic N) is 1. The van der Waals surface area contributed by atoms with Crippen LogP contribution in [0.1, 0.15) is 52.0 Å². The first kappa shape index (κ1) is 22.3. The molecular formula is C24H26FNO3. The molecule has 4 nitrogen and oxygen atoms in total. The lowest BCUT2D eigenvalue weighted by molar-refractivity contribution is -0.155. The van der Waals surface area contributed by atoms with E-state index in [9.17, 15) is 19.2 Å². The van der Waals surface area contributed by atoms with E-state index in [1.165, 1.54) is 6.07 Å². The Bertz CT molecular complexity index is 910. The molecule has 152 valence electrons. The molecule has 0 aromatic heterocycles. The van der Waals surface area contributed by atoms with Gasteiger partial charge in [-0.15, -0.1) is 0 Å². The molecule has 0 N–H and O–H groups in total. The van der Waals surface area contributed by atoms with Crippen molar-refractivity contribution in [2.24, 2.45) is 5.92 Å². The lowest BCUT2D eigenvalue weighted by Crippen LogP contribution is -2.25. The van der Waals surface area contributed by atoms with Crippen LogP contribution in [0, 0.1) is 23.1 Å². The summed E-state index contributed by atoms with van der Waals surface area (Å²) in [5, 5.41) is 9.39. The van der Waals surface area contributed by atoms with Crippen LogP contribution in [0.15, 0.2) is 48.5 Å². The van der Waals surface area contributed by atoms with Gasteiger partial charge in [0.05, 0.1) is 6.07 Å². The van der Waals surface area contributed by atoms with Crippen LogP contribution in [0.5, 0.6) is 0 Å². The predicted molar refractivity (Wildman–Crippen MR) is 109 cm³/mol. The van der Waals surface area contributed by atoms with Gasteiger partial charge in [-0.05, 0) is 44.4 Å². The molecule has 2 aromatic rings. The maximum absolute atomic E-state index is 14.6. The first-order valence-electron chi connectivity index (χ1n) is 9.62. The molecule has 0 fully saturated rings. The summed E-state index contributed by atoms with van der Waals surface area (Å²) in [6, 6.07) is 15.8. The normalized spacial score (nSPS) is 13.2. The van der Waals surface area contributed by atoms with E-state index >= 15 is 0 Å². The minimum absolute atomic E-state index is 0.0186. The van der Waals surface area contributed by atoms with E-state index < -0.39 is 29.2 Å². The monoisotopic (exact) mass is 395 g/mol. The third kappa shape index (κ3) is 6.25. The Morgan fingerprint density at radius 1 is 1.14 bits per heavy atom. The predicted octanol–water partition coefficient (Wildman–Crippen LogP) is 5.43. The molecule has 0 aliphatic rings. The third-order valence-corrected chi connectivity index (χ3v) is 4.56. The van der Waals surface area contributed by atoms with Crippen LogP contribution in [-0.2, 0) is 14.3 Å². The number of Topliss-reactive ketones (excluding diaryl/α,β-unsaturated/α-hetero) is 1. The maximum Gasteiger partial charge on any atom is 0.306 e. The van der Waals surface area contributed by atoms with Gasteiger partial charge in [0.25, 0.3) is 0 Å². The van der Waals surface area contributed by atoms with Crippen LogP contribution in [0.25, 0.3) is 11.1 Å². The average molecular weight is 395 g/mol. The zero-order chi connectivity index (χ0) is 21.6. The smallest absolute Gasteiger partial charge is 0.306 e. The van der Waals surface area contributed by atoms with Crippen molar-refractivity contribution >= 4 is 11.8 Å². The van der Waals surface area contributed by atoms with Crippen LogP contribution in [0.3, 0.4) is 0 Å². The quantitative estimate of drug-likeness (QED) is 0.587. The fourth-order valence-electron chi connectivity index (χ4n) is 3.04. The summed E-state index contributed by atoms with van der Waals surface area (Å²) in [6.45, 7) is 6.92. The summed E-state index contributed by atoms with van der Waals surface area (Å²) >= 11 is 0. The van der Waals surface area contributed by atoms with Gasteiger partial charge < -0.3 is 4.74 Å². The third-order valence-electron chi connectivity index (χ3n) is 4.56. The highest BCUT2D eigenvalue weighted by Gasteiger charge is 2.27. The van der Waals surface area contributed by atoms with Crippen molar-refractivity contribution in [1.82, 2.24) is 0 Å². The molecule has 0 aliphatic carbocycles. The number of hydrogen-bond acceptors (Lipinski definition) is 4. The number of benzene rings is 2. The molecule has 29 heavy (non-hydrogen) atoms. The van der Waals surface area contributed by atoms with Crippen molar-refractivity contribution in [2.45, 2.75) is 52.1 Å². The molecule has 0 bridgehead atoms. The molecule has 0 heterocycles. The summed E-state index contributed by atoms with van der Waals surface area (Å²) < 4.78 is 19.8. The molecule has 0 radical (unpaired) electrons. The zero-order valence-corrected chi connectivity index (χ0v) is 17.2. The molecule has 2 rings (SSSR count). The van der Waals surface area contributed by atoms with Crippen LogP contribution in [0.4, 0.5) is 4.39 Å². The molecule has 0 amide bonds. The molecular weight excluding hydrogens is 369 g/mol. The fraction of sp³-hybridized carbons (Fsp3) is 0.375. The van der Waals surface area contributed by atoms with Crippen LogP contribution in [-0.4, -0.2) is 17.4 Å². The minimum Gasteiger partial charge on any atom is -0.460 e. The van der Waals surface area contributed by atoms with Gasteiger partial charge in [-0.25, -0.2) is 4.39 Å². The molecule has 2 atom stereocenters. The Balaban J connectivity index is 2.09. The summed E-state index contributed by atoms with van der Waals surface area (Å²) in [7, 11) is 0. The number of ether oxygens (including phenoxy) is 1. The van der Waals surface area contributed by atoms with Gasteiger partial charge in [-0.1, -0.05) is 49.4 Å². The number of hydrogen-bond donors (Lipinski definition) is 0. The largest absolute Gasteiger partial charge is 0.460 e. The lowest BCUT2D eigenvalue weighted by atomic mass is 9.86. The summed E-state index contributed by atoms with van der Waals surface area (Å²) in [5.41, 5.74) is 1.09. The van der Waals surface area contributed by atoms with Crippen molar-refractivity contribution in [3.63, 3.8) is 0 Å². The number of carbonyl (C=O) groups excluding carboxylic acids is 2. The van der Waals surface area contributed by atoms with E-state index in [2.05, 4.69) is 0 Å². The first-order valence-corrected chi connectivity index (χ1v) is 9.62. The standard InChI is InChI=1S/C24H26FNO3/c1-16(23(28)19(15-26)11-13-22(27)29-24(2,3)4)18-10-12-20(21(25)14-18)17-8-6-5-7-9-17/h5-10,12,14,16,19H,11,13H2,1-4H3. The number of rotatable bonds is 7. The van der Waals surface area contributed by atoms with Gasteiger partial charge in [0.15, 0.2) is 5.78 Å². The zero-order valence-electron chi connectivity index (χ0n) is 17.2. The van der Waals surface area contributed by atoms with Crippen molar-refractivity contribution in [2.75, 3.05) is 0 Å². The number of carbonyl (C=O) groups is 2. The van der Waals surface area contributed by atoms with Gasteiger partial charge in [0, 0.05) is 17.9 Å². The number of ketones is 1. The highest BCUT2D eigenvalue weighted by atomic mass is 19.1. The van der Waals surface area contributed by atoms with Crippen LogP contribution >= 0.6 is 0 Å². The molecule has 0 saturated carbocycles. The molecule has 2 unspecified atom stereocenters. The topological polar surface area (TPSA) is 67.2 Å². The summed E-state index contributed by atoms with van der Waals surface area (Å²) in [5.74, 6) is -2.80. The second-order valence-corrected chi connectivity index (χ2v) is 8.04. The van der Waals surface area contributed by atoms with Crippen LogP contribution in [0.2, 0.25) is 0 Å². The Kier molecular flexibility index (Phi) is 7.28. The van der Waals surface area contributed by atoms with Crippen molar-refractivity contribution in [1.29, 1.82) is 5.26 Å². The molecule has 0 saturated heterocycles. The van der Waals surface area contributed by atoms with Crippen molar-refractivity contribution in [3.05, 3.63) is 59.9 Å². The van der Waals surface area contributed by atoms with E-state index in [4.69, 9.17) is 4.74 Å². The Morgan fingerprint density at radius 3 is 2.34 bits per heavy atom. The fourth-order valence-corrected chi connectivity index (χ4v) is 3.04. The number of halogens is 1. The molecule has 5 heteroatoms. The van der Waals surface area contributed by atoms with E-state index in [0.717, 1.165) is 5.56 Å². The average Bonchev–Trinajstić information content (AvgIpc) is 2.67. The second kappa shape index (κ2) is 9.47. The maximum atomic E-state index is 14.6. The van der Waals surface area contributed by atoms with Gasteiger partial charge >= 0.3 is 5.97 Å². The first-order chi connectivity index (χ1) is 13.6. The van der Waals surface area contributed by atoms with E-state index in [1.807, 2.05) is 36.4 Å². The van der Waals surface area contributed by atoms with Gasteiger partial charge in [0.1, 0.15) is 17.3 Å². The van der Waals surface area contributed by atoms with Crippen molar-refractivity contribution in [3.8, 4) is 17.2 Å².